The lowest BCUT2D eigenvalue weighted by Crippen LogP contribution is -2.21. The quantitative estimate of drug-likeness (QED) is 0.508. The molecule has 0 atom stereocenters. The van der Waals surface area contributed by atoms with Crippen molar-refractivity contribution in [3.63, 3.8) is 0 Å². The summed E-state index contributed by atoms with van der Waals surface area (Å²) >= 11 is 0. The Labute approximate surface area is 166 Å². The van der Waals surface area contributed by atoms with Crippen molar-refractivity contribution in [3.8, 4) is 22.6 Å². The number of halogens is 1. The molecule has 0 aliphatic carbocycles. The van der Waals surface area contributed by atoms with Crippen LogP contribution in [-0.2, 0) is 6.54 Å². The smallest absolute Gasteiger partial charge is 0.170 e. The van der Waals surface area contributed by atoms with E-state index < -0.39 is 5.60 Å². The number of carbonyl (C=O) groups is 1. The van der Waals surface area contributed by atoms with E-state index in [-0.39, 0.29) is 5.82 Å². The summed E-state index contributed by atoms with van der Waals surface area (Å²) < 4.78 is 16.8. The molecule has 1 N–H and O–H groups in total. The third-order valence-corrected chi connectivity index (χ3v) is 4.67. The third kappa shape index (κ3) is 3.79. The fraction of sp³-hybridized carbons (Fsp3) is 0.238. The van der Waals surface area contributed by atoms with Gasteiger partial charge in [0.15, 0.2) is 11.9 Å². The Bertz CT molecular complexity index is 1170. The highest BCUT2D eigenvalue weighted by Gasteiger charge is 2.20. The maximum atomic E-state index is 13.4. The van der Waals surface area contributed by atoms with Gasteiger partial charge in [0.25, 0.3) is 0 Å². The minimum atomic E-state index is -0.843. The molecule has 0 saturated heterocycles. The molecule has 4 rings (SSSR count). The van der Waals surface area contributed by atoms with E-state index >= 15 is 0 Å². The Kier molecular flexibility index (Phi) is 4.71. The molecule has 3 aromatic heterocycles. The van der Waals surface area contributed by atoms with Gasteiger partial charge in [-0.15, -0.1) is 0 Å². The summed E-state index contributed by atoms with van der Waals surface area (Å²) in [5.74, 6) is -0.328. The first-order chi connectivity index (χ1) is 13.9. The predicted octanol–water partition coefficient (Wildman–Crippen LogP) is 3.37. The number of aliphatic hydroxyl groups is 1. The number of aromatic nitrogens is 5. The number of carbonyl (C=O) groups excluding carboxylic acids is 1. The zero-order chi connectivity index (χ0) is 20.6. The lowest BCUT2D eigenvalue weighted by Gasteiger charge is -2.18. The van der Waals surface area contributed by atoms with Crippen molar-refractivity contribution in [2.45, 2.75) is 32.4 Å². The third-order valence-electron chi connectivity index (χ3n) is 4.67. The van der Waals surface area contributed by atoms with Gasteiger partial charge in [-0.25, -0.2) is 18.9 Å². The van der Waals surface area contributed by atoms with E-state index in [2.05, 4.69) is 15.1 Å². The number of hydrogen-bond acceptors (Lipinski definition) is 5. The zero-order valence-electron chi connectivity index (χ0n) is 16.1. The van der Waals surface area contributed by atoms with Crippen molar-refractivity contribution in [3.05, 3.63) is 60.4 Å². The minimum absolute atomic E-state index is 0.328. The maximum Gasteiger partial charge on any atom is 0.170 e. The van der Waals surface area contributed by atoms with E-state index in [1.165, 1.54) is 22.8 Å². The SMILES string of the molecule is CC(C)(O)CCn1cnc(-c2ccc(F)cc2)c1-c1ccc2ncc(C=O)n2n1. The number of imidazole rings is 2. The molecule has 0 spiro atoms. The molecule has 0 unspecified atom stereocenters. The fourth-order valence-electron chi connectivity index (χ4n) is 3.13. The van der Waals surface area contributed by atoms with E-state index in [4.69, 9.17) is 0 Å². The van der Waals surface area contributed by atoms with Crippen LogP contribution in [0, 0.1) is 5.82 Å². The molecule has 0 aliphatic heterocycles. The second kappa shape index (κ2) is 7.21. The van der Waals surface area contributed by atoms with Gasteiger partial charge in [0.05, 0.1) is 29.5 Å². The minimum Gasteiger partial charge on any atom is -0.390 e. The molecular formula is C21H20FN5O2. The van der Waals surface area contributed by atoms with E-state index in [0.717, 1.165) is 5.56 Å². The van der Waals surface area contributed by atoms with Crippen LogP contribution in [0.4, 0.5) is 4.39 Å². The Balaban J connectivity index is 1.87. The lowest BCUT2D eigenvalue weighted by atomic mass is 10.1. The van der Waals surface area contributed by atoms with Crippen LogP contribution in [0.1, 0.15) is 30.8 Å². The van der Waals surface area contributed by atoms with Crippen molar-refractivity contribution in [2.24, 2.45) is 0 Å². The topological polar surface area (TPSA) is 85.3 Å². The van der Waals surface area contributed by atoms with Crippen molar-refractivity contribution < 1.29 is 14.3 Å². The molecule has 0 bridgehead atoms. The Morgan fingerprint density at radius 1 is 1.14 bits per heavy atom. The van der Waals surface area contributed by atoms with Crippen molar-refractivity contribution in [1.29, 1.82) is 0 Å². The maximum absolute atomic E-state index is 13.4. The van der Waals surface area contributed by atoms with Gasteiger partial charge in [-0.1, -0.05) is 0 Å². The highest BCUT2D eigenvalue weighted by atomic mass is 19.1. The molecule has 8 heteroatoms. The number of fused-ring (bicyclic) bond motifs is 1. The van der Waals surface area contributed by atoms with Gasteiger partial charge in [0.1, 0.15) is 17.2 Å². The van der Waals surface area contributed by atoms with Gasteiger partial charge in [0, 0.05) is 12.1 Å². The Morgan fingerprint density at radius 2 is 1.90 bits per heavy atom. The highest BCUT2D eigenvalue weighted by Crippen LogP contribution is 2.31. The Morgan fingerprint density at radius 3 is 2.59 bits per heavy atom. The van der Waals surface area contributed by atoms with Crippen LogP contribution >= 0.6 is 0 Å². The van der Waals surface area contributed by atoms with Gasteiger partial charge in [-0.2, -0.15) is 5.10 Å². The predicted molar refractivity (Wildman–Crippen MR) is 106 cm³/mol. The van der Waals surface area contributed by atoms with Crippen LogP contribution in [0.25, 0.3) is 28.3 Å². The van der Waals surface area contributed by atoms with E-state index in [0.29, 0.717) is 47.7 Å². The van der Waals surface area contributed by atoms with Crippen LogP contribution in [0.2, 0.25) is 0 Å². The molecule has 0 radical (unpaired) electrons. The molecule has 4 aromatic rings. The van der Waals surface area contributed by atoms with Crippen molar-refractivity contribution in [2.75, 3.05) is 0 Å². The van der Waals surface area contributed by atoms with Crippen LogP contribution in [0.15, 0.2) is 48.9 Å². The summed E-state index contributed by atoms with van der Waals surface area (Å²) in [6, 6.07) is 9.67. The van der Waals surface area contributed by atoms with Crippen molar-refractivity contribution >= 4 is 11.9 Å². The van der Waals surface area contributed by atoms with Crippen molar-refractivity contribution in [1.82, 2.24) is 24.1 Å². The summed E-state index contributed by atoms with van der Waals surface area (Å²) in [4.78, 5) is 20.0. The number of benzene rings is 1. The first-order valence-electron chi connectivity index (χ1n) is 9.19. The molecule has 1 aromatic carbocycles. The van der Waals surface area contributed by atoms with Crippen LogP contribution in [0.3, 0.4) is 0 Å². The molecule has 148 valence electrons. The number of aryl methyl sites for hydroxylation is 1. The molecule has 29 heavy (non-hydrogen) atoms. The Hall–Kier alpha value is -3.39. The number of aldehydes is 1. The van der Waals surface area contributed by atoms with Crippen LogP contribution in [-0.4, -0.2) is 41.1 Å². The van der Waals surface area contributed by atoms with Gasteiger partial charge in [0.2, 0.25) is 0 Å². The van der Waals surface area contributed by atoms with E-state index in [9.17, 15) is 14.3 Å². The van der Waals surface area contributed by atoms with Gasteiger partial charge >= 0.3 is 0 Å². The normalized spacial score (nSPS) is 11.9. The van der Waals surface area contributed by atoms with E-state index in [1.807, 2.05) is 10.6 Å². The molecule has 7 nitrogen and oxygen atoms in total. The average molecular weight is 393 g/mol. The molecule has 0 saturated carbocycles. The summed E-state index contributed by atoms with van der Waals surface area (Å²) in [6.45, 7) is 4.00. The zero-order valence-corrected chi connectivity index (χ0v) is 16.1. The van der Waals surface area contributed by atoms with Crippen LogP contribution < -0.4 is 0 Å². The summed E-state index contributed by atoms with van der Waals surface area (Å²) in [6.07, 6.45) is 4.35. The standard InChI is InChI=1S/C21H20FN5O2/c1-21(2,29)9-10-26-13-24-19(14-3-5-15(22)6-4-14)20(26)17-7-8-18-23-11-16(12-28)27(18)25-17/h3-8,11-13,29H,9-10H2,1-2H3. The second-order valence-electron chi connectivity index (χ2n) is 7.49. The van der Waals surface area contributed by atoms with Gasteiger partial charge in [-0.3, -0.25) is 4.79 Å². The van der Waals surface area contributed by atoms with E-state index in [1.54, 1.807) is 38.4 Å². The number of rotatable bonds is 6. The van der Waals surface area contributed by atoms with Gasteiger partial charge < -0.3 is 9.67 Å². The summed E-state index contributed by atoms with van der Waals surface area (Å²) in [7, 11) is 0. The number of hydrogen-bond donors (Lipinski definition) is 1. The molecule has 0 aliphatic rings. The van der Waals surface area contributed by atoms with Gasteiger partial charge in [-0.05, 0) is 56.7 Å². The molecule has 0 amide bonds. The first kappa shape index (κ1) is 18.9. The molecule has 3 heterocycles. The largest absolute Gasteiger partial charge is 0.390 e. The first-order valence-corrected chi connectivity index (χ1v) is 9.19. The highest BCUT2D eigenvalue weighted by molar-refractivity contribution is 5.78. The monoisotopic (exact) mass is 393 g/mol. The van der Waals surface area contributed by atoms with Crippen LogP contribution in [0.5, 0.6) is 0 Å². The second-order valence-corrected chi connectivity index (χ2v) is 7.49. The fourth-order valence-corrected chi connectivity index (χ4v) is 3.13. The lowest BCUT2D eigenvalue weighted by molar-refractivity contribution is 0.0663. The molecule has 0 fully saturated rings. The summed E-state index contributed by atoms with van der Waals surface area (Å²) in [5.41, 5.74) is 2.74. The average Bonchev–Trinajstić information content (AvgIpc) is 3.29. The summed E-state index contributed by atoms with van der Waals surface area (Å²) in [5, 5.41) is 14.7. The molecular weight excluding hydrogens is 373 g/mol. The number of nitrogens with zero attached hydrogens (tertiary/aromatic N) is 5.